The molecule has 0 amide bonds. The number of hydrogen-bond donors (Lipinski definition) is 1. The van der Waals surface area contributed by atoms with Crippen LogP contribution in [0.1, 0.15) is 21.7 Å². The largest absolute Gasteiger partial charge is 0.455 e. The first kappa shape index (κ1) is 11.1. The zero-order chi connectivity index (χ0) is 12.3. The van der Waals surface area contributed by atoms with Crippen LogP contribution >= 0.6 is 0 Å². The van der Waals surface area contributed by atoms with Crippen LogP contribution in [0.5, 0.6) is 0 Å². The highest BCUT2D eigenvalue weighted by molar-refractivity contribution is 5.89. The molecular weight excluding hydrogens is 222 g/mol. The summed E-state index contributed by atoms with van der Waals surface area (Å²) in [4.78, 5) is 11.6. The van der Waals surface area contributed by atoms with Gasteiger partial charge in [0.1, 0.15) is 18.0 Å². The molecule has 6 nitrogen and oxygen atoms in total. The van der Waals surface area contributed by atoms with Gasteiger partial charge in [0.05, 0.1) is 5.56 Å². The molecule has 2 rings (SSSR count). The normalized spacial score (nSPS) is 10.2. The summed E-state index contributed by atoms with van der Waals surface area (Å²) in [6.07, 6.45) is 0. The van der Waals surface area contributed by atoms with E-state index >= 15 is 0 Å². The predicted octanol–water partition coefficient (Wildman–Crippen LogP) is 1.32. The second kappa shape index (κ2) is 4.65. The molecule has 1 aromatic carbocycles. The first-order valence-electron chi connectivity index (χ1n) is 4.97. The topological polar surface area (TPSA) is 91.2 Å². The third-order valence-electron chi connectivity index (χ3n) is 2.23. The summed E-state index contributed by atoms with van der Waals surface area (Å²) in [6, 6.07) is 6.48. The van der Waals surface area contributed by atoms with Crippen LogP contribution in [0, 0.1) is 6.92 Å². The molecule has 17 heavy (non-hydrogen) atoms. The number of nitrogen functional groups attached to an aromatic ring is 1. The van der Waals surface area contributed by atoms with Crippen molar-refractivity contribution in [2.24, 2.45) is 0 Å². The second-order valence-electron chi connectivity index (χ2n) is 3.49. The van der Waals surface area contributed by atoms with Gasteiger partial charge in [-0.25, -0.2) is 9.42 Å². The minimum Gasteiger partial charge on any atom is -0.455 e. The van der Waals surface area contributed by atoms with E-state index in [-0.39, 0.29) is 6.61 Å². The summed E-state index contributed by atoms with van der Waals surface area (Å²) in [7, 11) is 0. The maximum absolute atomic E-state index is 11.6. The highest BCUT2D eigenvalue weighted by atomic mass is 16.6. The minimum absolute atomic E-state index is 0.0402. The Morgan fingerprint density at radius 3 is 2.65 bits per heavy atom. The third-order valence-corrected chi connectivity index (χ3v) is 2.23. The molecule has 0 bridgehead atoms. The number of hydrogen-bond acceptors (Lipinski definition) is 6. The van der Waals surface area contributed by atoms with Gasteiger partial charge in [-0.3, -0.25) is 0 Å². The fraction of sp³-hybridized carbons (Fsp3) is 0.182. The first-order chi connectivity index (χ1) is 8.16. The van der Waals surface area contributed by atoms with Crippen molar-refractivity contribution in [2.45, 2.75) is 13.5 Å². The monoisotopic (exact) mass is 233 g/mol. The number of aryl methyl sites for hydroxylation is 1. The average molecular weight is 233 g/mol. The molecule has 1 heterocycles. The number of nitrogens with zero attached hydrogens (tertiary/aromatic N) is 2. The van der Waals surface area contributed by atoms with Gasteiger partial charge in [0.2, 0.25) is 0 Å². The lowest BCUT2D eigenvalue weighted by molar-refractivity contribution is 0.0463. The SMILES string of the molecule is Cc1nonc1COC(=O)c1ccc(N)cc1. The lowest BCUT2D eigenvalue weighted by atomic mass is 10.2. The van der Waals surface area contributed by atoms with Crippen LogP contribution in [-0.4, -0.2) is 16.3 Å². The highest BCUT2D eigenvalue weighted by Crippen LogP contribution is 2.09. The number of aromatic nitrogens is 2. The number of ether oxygens (including phenoxy) is 1. The number of esters is 1. The van der Waals surface area contributed by atoms with Crippen LogP contribution in [0.2, 0.25) is 0 Å². The van der Waals surface area contributed by atoms with E-state index in [1.807, 2.05) is 0 Å². The quantitative estimate of drug-likeness (QED) is 0.635. The summed E-state index contributed by atoms with van der Waals surface area (Å²) in [5, 5.41) is 7.20. The van der Waals surface area contributed by atoms with E-state index < -0.39 is 5.97 Å². The number of rotatable bonds is 3. The molecule has 0 aliphatic rings. The van der Waals surface area contributed by atoms with Gasteiger partial charge < -0.3 is 10.5 Å². The zero-order valence-electron chi connectivity index (χ0n) is 9.21. The molecule has 0 spiro atoms. The van der Waals surface area contributed by atoms with E-state index in [2.05, 4.69) is 14.9 Å². The molecule has 0 radical (unpaired) electrons. The Labute approximate surface area is 97.3 Å². The van der Waals surface area contributed by atoms with Crippen LogP contribution < -0.4 is 5.73 Å². The lowest BCUT2D eigenvalue weighted by Gasteiger charge is -2.02. The van der Waals surface area contributed by atoms with Gasteiger partial charge in [0.15, 0.2) is 0 Å². The van der Waals surface area contributed by atoms with Gasteiger partial charge in [-0.2, -0.15) is 0 Å². The Kier molecular flexibility index (Phi) is 3.04. The Balaban J connectivity index is 1.98. The summed E-state index contributed by atoms with van der Waals surface area (Å²) in [5.41, 5.74) is 7.66. The standard InChI is InChI=1S/C11H11N3O3/c1-7-10(14-17-13-7)6-16-11(15)8-2-4-9(12)5-3-8/h2-5H,6,12H2,1H3. The van der Waals surface area contributed by atoms with Crippen molar-refractivity contribution in [1.29, 1.82) is 0 Å². The van der Waals surface area contributed by atoms with Crippen molar-refractivity contribution >= 4 is 11.7 Å². The molecule has 2 N–H and O–H groups in total. The van der Waals surface area contributed by atoms with Gasteiger partial charge >= 0.3 is 5.97 Å². The Hall–Kier alpha value is -2.37. The third kappa shape index (κ3) is 2.60. The van der Waals surface area contributed by atoms with Crippen LogP contribution in [0.25, 0.3) is 0 Å². The maximum Gasteiger partial charge on any atom is 0.338 e. The van der Waals surface area contributed by atoms with Gasteiger partial charge in [-0.1, -0.05) is 10.3 Å². The molecule has 88 valence electrons. The van der Waals surface area contributed by atoms with Crippen LogP contribution in [-0.2, 0) is 11.3 Å². The summed E-state index contributed by atoms with van der Waals surface area (Å²) < 4.78 is 9.54. The molecule has 1 aromatic heterocycles. The predicted molar refractivity (Wildman–Crippen MR) is 59.0 cm³/mol. The van der Waals surface area contributed by atoms with E-state index in [0.717, 1.165) is 0 Å². The van der Waals surface area contributed by atoms with Crippen molar-refractivity contribution < 1.29 is 14.2 Å². The molecule has 2 aromatic rings. The Morgan fingerprint density at radius 1 is 1.35 bits per heavy atom. The maximum atomic E-state index is 11.6. The van der Waals surface area contributed by atoms with Crippen molar-refractivity contribution in [2.75, 3.05) is 5.73 Å². The van der Waals surface area contributed by atoms with Crippen molar-refractivity contribution in [3.63, 3.8) is 0 Å². The van der Waals surface area contributed by atoms with E-state index in [4.69, 9.17) is 10.5 Å². The van der Waals surface area contributed by atoms with Crippen LogP contribution in [0.4, 0.5) is 5.69 Å². The fourth-order valence-corrected chi connectivity index (χ4v) is 1.22. The number of anilines is 1. The molecule has 0 aliphatic carbocycles. The highest BCUT2D eigenvalue weighted by Gasteiger charge is 2.10. The van der Waals surface area contributed by atoms with Gasteiger partial charge in [-0.15, -0.1) is 0 Å². The number of carbonyl (C=O) groups is 1. The van der Waals surface area contributed by atoms with Gasteiger partial charge in [-0.05, 0) is 31.2 Å². The molecule has 0 atom stereocenters. The van der Waals surface area contributed by atoms with Crippen LogP contribution in [0.15, 0.2) is 28.9 Å². The minimum atomic E-state index is -0.438. The number of nitrogens with two attached hydrogens (primary N) is 1. The van der Waals surface area contributed by atoms with Gasteiger partial charge in [0, 0.05) is 5.69 Å². The molecule has 0 unspecified atom stereocenters. The summed E-state index contributed by atoms with van der Waals surface area (Å²) in [5.74, 6) is -0.438. The second-order valence-corrected chi connectivity index (χ2v) is 3.49. The molecule has 0 saturated carbocycles. The Morgan fingerprint density at radius 2 is 2.06 bits per heavy atom. The molecule has 6 heteroatoms. The summed E-state index contributed by atoms with van der Waals surface area (Å²) >= 11 is 0. The van der Waals surface area contributed by atoms with E-state index in [9.17, 15) is 4.79 Å². The molecule has 0 aliphatic heterocycles. The van der Waals surface area contributed by atoms with E-state index in [1.165, 1.54) is 0 Å². The number of benzene rings is 1. The molecular formula is C11H11N3O3. The molecule has 0 fully saturated rings. The van der Waals surface area contributed by atoms with Crippen LogP contribution in [0.3, 0.4) is 0 Å². The van der Waals surface area contributed by atoms with Crippen molar-refractivity contribution in [3.8, 4) is 0 Å². The van der Waals surface area contributed by atoms with Crippen molar-refractivity contribution in [3.05, 3.63) is 41.2 Å². The van der Waals surface area contributed by atoms with E-state index in [0.29, 0.717) is 22.6 Å². The smallest absolute Gasteiger partial charge is 0.338 e. The Bertz CT molecular complexity index is 519. The van der Waals surface area contributed by atoms with E-state index in [1.54, 1.807) is 31.2 Å². The average Bonchev–Trinajstić information content (AvgIpc) is 2.73. The lowest BCUT2D eigenvalue weighted by Crippen LogP contribution is -2.06. The number of carbonyl (C=O) groups excluding carboxylic acids is 1. The fourth-order valence-electron chi connectivity index (χ4n) is 1.22. The van der Waals surface area contributed by atoms with Gasteiger partial charge in [0.25, 0.3) is 0 Å². The summed E-state index contributed by atoms with van der Waals surface area (Å²) in [6.45, 7) is 1.77. The molecule has 0 saturated heterocycles. The van der Waals surface area contributed by atoms with Crippen molar-refractivity contribution in [1.82, 2.24) is 10.3 Å². The first-order valence-corrected chi connectivity index (χ1v) is 4.97. The zero-order valence-corrected chi connectivity index (χ0v) is 9.21.